The fourth-order valence-electron chi connectivity index (χ4n) is 7.59. The van der Waals surface area contributed by atoms with Crippen LogP contribution in [0, 0.1) is 6.92 Å². The minimum atomic E-state index is -0.312. The number of likely N-dealkylation sites (tertiary alicyclic amines) is 1. The van der Waals surface area contributed by atoms with Crippen LogP contribution in [0.1, 0.15) is 65.7 Å². The summed E-state index contributed by atoms with van der Waals surface area (Å²) in [4.78, 5) is 37.0. The Morgan fingerprint density at radius 1 is 0.977 bits per heavy atom. The van der Waals surface area contributed by atoms with Crippen LogP contribution in [-0.4, -0.2) is 71.2 Å². The topological polar surface area (TPSA) is 84.4 Å². The van der Waals surface area contributed by atoms with Crippen molar-refractivity contribution in [2.45, 2.75) is 82.8 Å². The number of carbonyl (C=O) groups is 2. The Morgan fingerprint density at radius 3 is 2.50 bits per heavy atom. The molecule has 3 aromatic rings. The molecule has 1 aromatic heterocycles. The second-order valence-corrected chi connectivity index (χ2v) is 12.5. The summed E-state index contributed by atoms with van der Waals surface area (Å²) in [5, 5.41) is 0. The van der Waals surface area contributed by atoms with Crippen molar-refractivity contribution >= 4 is 17.7 Å². The van der Waals surface area contributed by atoms with Crippen molar-refractivity contribution in [2.75, 3.05) is 25.1 Å². The van der Waals surface area contributed by atoms with E-state index < -0.39 is 0 Å². The summed E-state index contributed by atoms with van der Waals surface area (Å²) in [6, 6.07) is 18.7. The van der Waals surface area contributed by atoms with E-state index in [-0.39, 0.29) is 24.1 Å². The van der Waals surface area contributed by atoms with Crippen molar-refractivity contribution in [3.63, 3.8) is 0 Å². The van der Waals surface area contributed by atoms with E-state index in [1.165, 1.54) is 18.4 Å². The van der Waals surface area contributed by atoms with Gasteiger partial charge in [0.05, 0.1) is 18.4 Å². The highest BCUT2D eigenvalue weighted by molar-refractivity contribution is 5.97. The van der Waals surface area contributed by atoms with Crippen molar-refractivity contribution in [1.29, 1.82) is 0 Å². The standard InChI is InChI=1S/C35H40N4O5/c1-23-24(7-5-15-36-23)21-38-27-9-10-28(38)19-30(18-27)44-29-11-12-31(33(20-29)42-2)34(40)37-16-13-26(14-17-37)39-32-8-4-3-6-25(32)22-43-35(39)41/h3-8,11-12,15,20,26-28,30H,9-10,13-14,16-19,21-22H2,1-2H3/t27-,28+,30?. The summed E-state index contributed by atoms with van der Waals surface area (Å²) < 4.78 is 17.6. The van der Waals surface area contributed by atoms with E-state index in [9.17, 15) is 9.59 Å². The average Bonchev–Trinajstić information content (AvgIpc) is 3.28. The number of hydrogen-bond donors (Lipinski definition) is 0. The molecule has 0 radical (unpaired) electrons. The van der Waals surface area contributed by atoms with E-state index >= 15 is 0 Å². The first-order valence-corrected chi connectivity index (χ1v) is 15.8. The van der Waals surface area contributed by atoms with Gasteiger partial charge in [0.25, 0.3) is 5.91 Å². The zero-order valence-corrected chi connectivity index (χ0v) is 25.5. The maximum atomic E-state index is 13.6. The molecule has 7 rings (SSSR count). The van der Waals surface area contributed by atoms with E-state index in [2.05, 4.69) is 22.9 Å². The number of hydrogen-bond acceptors (Lipinski definition) is 7. The highest BCUT2D eigenvalue weighted by atomic mass is 16.6. The van der Waals surface area contributed by atoms with Gasteiger partial charge >= 0.3 is 6.09 Å². The molecule has 2 amide bonds. The van der Waals surface area contributed by atoms with Gasteiger partial charge in [0.15, 0.2) is 0 Å². The first kappa shape index (κ1) is 28.6. The molecule has 3 fully saturated rings. The minimum Gasteiger partial charge on any atom is -0.496 e. The van der Waals surface area contributed by atoms with Crippen LogP contribution in [0.2, 0.25) is 0 Å². The molecular weight excluding hydrogens is 556 g/mol. The summed E-state index contributed by atoms with van der Waals surface area (Å²) in [5.74, 6) is 1.20. The molecule has 5 heterocycles. The number of anilines is 1. The van der Waals surface area contributed by atoms with E-state index in [0.29, 0.717) is 55.9 Å². The predicted octanol–water partition coefficient (Wildman–Crippen LogP) is 5.73. The van der Waals surface area contributed by atoms with Crippen LogP contribution in [0.4, 0.5) is 10.5 Å². The molecule has 0 N–H and O–H groups in total. The zero-order chi connectivity index (χ0) is 30.2. The molecule has 1 unspecified atom stereocenters. The van der Waals surface area contributed by atoms with Gasteiger partial charge in [-0.15, -0.1) is 0 Å². The molecule has 0 spiro atoms. The molecule has 3 saturated heterocycles. The molecule has 2 aromatic carbocycles. The van der Waals surface area contributed by atoms with E-state index in [4.69, 9.17) is 14.2 Å². The van der Waals surface area contributed by atoms with Gasteiger partial charge in [0.2, 0.25) is 0 Å². The lowest BCUT2D eigenvalue weighted by Gasteiger charge is -2.40. The first-order chi connectivity index (χ1) is 21.5. The number of benzene rings is 2. The zero-order valence-electron chi connectivity index (χ0n) is 25.5. The summed E-state index contributed by atoms with van der Waals surface area (Å²) in [6.07, 6.45) is 7.41. The summed E-state index contributed by atoms with van der Waals surface area (Å²) in [5.41, 5.74) is 4.86. The molecule has 4 aliphatic rings. The normalized spacial score (nSPS) is 23.7. The Morgan fingerprint density at radius 2 is 1.75 bits per heavy atom. The maximum absolute atomic E-state index is 13.6. The van der Waals surface area contributed by atoms with E-state index in [0.717, 1.165) is 42.1 Å². The lowest BCUT2D eigenvalue weighted by atomic mass is 9.98. The molecule has 44 heavy (non-hydrogen) atoms. The van der Waals surface area contributed by atoms with Gasteiger partial charge in [-0.1, -0.05) is 24.3 Å². The van der Waals surface area contributed by atoms with E-state index in [1.54, 1.807) is 12.0 Å². The molecule has 230 valence electrons. The summed E-state index contributed by atoms with van der Waals surface area (Å²) in [6.45, 7) is 4.43. The number of amides is 2. The number of nitrogens with zero attached hydrogens (tertiary/aromatic N) is 4. The summed E-state index contributed by atoms with van der Waals surface area (Å²) >= 11 is 0. The Balaban J connectivity index is 0.973. The Hall–Kier alpha value is -4.11. The van der Waals surface area contributed by atoms with Crippen LogP contribution < -0.4 is 14.4 Å². The molecule has 4 aliphatic heterocycles. The number of para-hydroxylation sites is 1. The van der Waals surface area contributed by atoms with Gasteiger partial charge in [-0.3, -0.25) is 19.6 Å². The lowest BCUT2D eigenvalue weighted by Crippen LogP contribution is -2.50. The number of carbonyl (C=O) groups excluding carboxylic acids is 2. The largest absolute Gasteiger partial charge is 0.496 e. The van der Waals surface area contributed by atoms with E-state index in [1.807, 2.05) is 59.6 Å². The second kappa shape index (κ2) is 12.1. The van der Waals surface area contributed by atoms with Crippen molar-refractivity contribution < 1.29 is 23.8 Å². The number of aryl methyl sites for hydroxylation is 1. The van der Waals surface area contributed by atoms with Gasteiger partial charge in [0.1, 0.15) is 24.2 Å². The lowest BCUT2D eigenvalue weighted by molar-refractivity contribution is 0.0442. The fourth-order valence-corrected chi connectivity index (χ4v) is 7.59. The molecule has 2 bridgehead atoms. The number of pyridine rings is 1. The number of methoxy groups -OCH3 is 1. The third-order valence-electron chi connectivity index (χ3n) is 9.93. The number of rotatable bonds is 7. The molecular formula is C35H40N4O5. The number of fused-ring (bicyclic) bond motifs is 3. The fraction of sp³-hybridized carbons (Fsp3) is 0.457. The molecule has 9 nitrogen and oxygen atoms in total. The highest BCUT2D eigenvalue weighted by Gasteiger charge is 2.42. The smallest absolute Gasteiger partial charge is 0.414 e. The Labute approximate surface area is 258 Å². The SMILES string of the molecule is COc1cc(OC2C[C@H]3CC[C@@H](C2)N3Cc2cccnc2C)ccc1C(=O)N1CCC(N2C(=O)OCc3ccccc32)CC1. The predicted molar refractivity (Wildman–Crippen MR) is 166 cm³/mol. The minimum absolute atomic E-state index is 0.0132. The maximum Gasteiger partial charge on any atom is 0.414 e. The molecule has 9 heteroatoms. The average molecular weight is 597 g/mol. The van der Waals surface area contributed by atoms with Gasteiger partial charge in [-0.25, -0.2) is 4.79 Å². The van der Waals surface area contributed by atoms with Crippen LogP contribution >= 0.6 is 0 Å². The second-order valence-electron chi connectivity index (χ2n) is 12.5. The van der Waals surface area contributed by atoms with Crippen molar-refractivity contribution in [2.24, 2.45) is 0 Å². The van der Waals surface area contributed by atoms with Crippen molar-refractivity contribution in [1.82, 2.24) is 14.8 Å². The Kier molecular flexibility index (Phi) is 7.89. The van der Waals surface area contributed by atoms with Crippen molar-refractivity contribution in [3.05, 3.63) is 83.2 Å². The van der Waals surface area contributed by atoms with Gasteiger partial charge in [0, 0.05) is 61.3 Å². The van der Waals surface area contributed by atoms with Gasteiger partial charge in [-0.2, -0.15) is 0 Å². The third kappa shape index (κ3) is 5.49. The molecule has 3 atom stereocenters. The first-order valence-electron chi connectivity index (χ1n) is 15.8. The van der Waals surface area contributed by atoms with Crippen LogP contribution in [0.3, 0.4) is 0 Å². The third-order valence-corrected chi connectivity index (χ3v) is 9.93. The molecule has 0 saturated carbocycles. The number of ether oxygens (including phenoxy) is 3. The number of aromatic nitrogens is 1. The van der Waals surface area contributed by atoms with Crippen LogP contribution in [-0.2, 0) is 17.9 Å². The van der Waals surface area contributed by atoms with Crippen LogP contribution in [0.15, 0.2) is 60.8 Å². The van der Waals surface area contributed by atoms with Gasteiger partial charge in [-0.05, 0) is 75.3 Å². The number of cyclic esters (lactones) is 1. The van der Waals surface area contributed by atoms with Crippen LogP contribution in [0.25, 0.3) is 0 Å². The van der Waals surface area contributed by atoms with Crippen molar-refractivity contribution in [3.8, 4) is 11.5 Å². The van der Waals surface area contributed by atoms with Crippen LogP contribution in [0.5, 0.6) is 11.5 Å². The quantitative estimate of drug-likeness (QED) is 0.344. The highest BCUT2D eigenvalue weighted by Crippen LogP contribution is 2.39. The summed E-state index contributed by atoms with van der Waals surface area (Å²) in [7, 11) is 1.60. The van der Waals surface area contributed by atoms with Gasteiger partial charge < -0.3 is 19.1 Å². The monoisotopic (exact) mass is 596 g/mol. The number of piperidine rings is 2. The Bertz CT molecular complexity index is 1520. The molecule has 0 aliphatic carbocycles.